The molecule has 0 amide bonds. The van der Waals surface area contributed by atoms with Crippen LogP contribution >= 0.6 is 0 Å². The molecule has 0 bridgehead atoms. The summed E-state index contributed by atoms with van der Waals surface area (Å²) >= 11 is 0. The molecule has 0 saturated heterocycles. The molecule has 0 aromatic heterocycles. The maximum Gasteiger partial charge on any atom is 0.153 e. The van der Waals surface area contributed by atoms with E-state index in [0.29, 0.717) is 6.42 Å². The Hall–Kier alpha value is -1.35. The van der Waals surface area contributed by atoms with Gasteiger partial charge in [0, 0.05) is 6.42 Å². The lowest BCUT2D eigenvalue weighted by Crippen LogP contribution is -2.31. The zero-order valence-corrected chi connectivity index (χ0v) is 9.65. The van der Waals surface area contributed by atoms with Gasteiger partial charge in [0.05, 0.1) is 6.04 Å². The first-order valence-electron chi connectivity index (χ1n) is 5.69. The number of rotatable bonds is 6. The highest BCUT2D eigenvalue weighted by molar-refractivity contribution is 5.85. The van der Waals surface area contributed by atoms with Crippen molar-refractivity contribution in [2.24, 2.45) is 5.73 Å². The third kappa shape index (κ3) is 4.03. The number of aromatic hydroxyl groups is 1. The fraction of sp³-hybridized carbons (Fsp3) is 0.462. The second kappa shape index (κ2) is 6.28. The van der Waals surface area contributed by atoms with Crippen LogP contribution in [0.2, 0.25) is 0 Å². The van der Waals surface area contributed by atoms with Crippen LogP contribution in [0.1, 0.15) is 31.7 Å². The molecular weight excluding hydrogens is 202 g/mol. The van der Waals surface area contributed by atoms with Crippen molar-refractivity contribution >= 4 is 5.78 Å². The Bertz CT molecular complexity index is 350. The number of unbranched alkanes of at least 4 members (excludes halogenated alkanes) is 1. The number of carbonyl (C=O) groups excluding carboxylic acids is 1. The number of benzene rings is 1. The predicted molar refractivity (Wildman–Crippen MR) is 64.3 cm³/mol. The molecule has 1 atom stereocenters. The first-order chi connectivity index (χ1) is 7.63. The van der Waals surface area contributed by atoms with Crippen LogP contribution in [0.25, 0.3) is 0 Å². The molecule has 88 valence electrons. The zero-order valence-electron chi connectivity index (χ0n) is 9.65. The lowest BCUT2D eigenvalue weighted by Gasteiger charge is -2.09. The van der Waals surface area contributed by atoms with Gasteiger partial charge in [-0.1, -0.05) is 31.9 Å². The molecule has 1 aromatic rings. The maximum atomic E-state index is 11.7. The van der Waals surface area contributed by atoms with Gasteiger partial charge in [-0.05, 0) is 24.1 Å². The van der Waals surface area contributed by atoms with Crippen molar-refractivity contribution in [3.63, 3.8) is 0 Å². The summed E-state index contributed by atoms with van der Waals surface area (Å²) in [5.41, 5.74) is 6.59. The Balaban J connectivity index is 2.50. The topological polar surface area (TPSA) is 63.3 Å². The summed E-state index contributed by atoms with van der Waals surface area (Å²) < 4.78 is 0. The van der Waals surface area contributed by atoms with Gasteiger partial charge in [0.2, 0.25) is 0 Å². The van der Waals surface area contributed by atoms with Gasteiger partial charge in [-0.3, -0.25) is 4.79 Å². The van der Waals surface area contributed by atoms with Gasteiger partial charge in [0.25, 0.3) is 0 Å². The van der Waals surface area contributed by atoms with Gasteiger partial charge in [-0.15, -0.1) is 0 Å². The highest BCUT2D eigenvalue weighted by Gasteiger charge is 2.13. The summed E-state index contributed by atoms with van der Waals surface area (Å²) in [5, 5.41) is 9.26. The summed E-state index contributed by atoms with van der Waals surface area (Å²) in [7, 11) is 0. The molecule has 0 aliphatic heterocycles. The van der Waals surface area contributed by atoms with E-state index in [-0.39, 0.29) is 17.6 Å². The molecule has 0 fully saturated rings. The van der Waals surface area contributed by atoms with Crippen LogP contribution in [0.4, 0.5) is 0 Å². The Morgan fingerprint density at radius 2 is 2.25 bits per heavy atom. The summed E-state index contributed by atoms with van der Waals surface area (Å²) in [6.45, 7) is 2.08. The van der Waals surface area contributed by atoms with E-state index in [1.54, 1.807) is 18.2 Å². The molecule has 1 unspecified atom stereocenters. The summed E-state index contributed by atoms with van der Waals surface area (Å²) in [6, 6.07) is 6.37. The predicted octanol–water partition coefficient (Wildman–Crippen LogP) is 2.02. The summed E-state index contributed by atoms with van der Waals surface area (Å²) in [5.74, 6) is 0.228. The second-order valence-electron chi connectivity index (χ2n) is 4.06. The molecule has 1 aromatic carbocycles. The van der Waals surface area contributed by atoms with Crippen molar-refractivity contribution in [3.8, 4) is 5.75 Å². The van der Waals surface area contributed by atoms with Crippen molar-refractivity contribution < 1.29 is 9.90 Å². The van der Waals surface area contributed by atoms with Crippen molar-refractivity contribution in [2.75, 3.05) is 0 Å². The fourth-order valence-corrected chi connectivity index (χ4v) is 1.58. The van der Waals surface area contributed by atoms with Crippen LogP contribution < -0.4 is 5.73 Å². The number of phenols is 1. The van der Waals surface area contributed by atoms with E-state index in [9.17, 15) is 9.90 Å². The first kappa shape index (κ1) is 12.7. The van der Waals surface area contributed by atoms with Gasteiger partial charge >= 0.3 is 0 Å². The summed E-state index contributed by atoms with van der Waals surface area (Å²) in [4.78, 5) is 11.7. The standard InChI is InChI=1S/C13H19NO2/c1-2-3-7-12(14)13(16)9-10-5-4-6-11(15)8-10/h4-6,8,12,15H,2-3,7,9,14H2,1H3. The Kier molecular flexibility index (Phi) is 4.99. The molecule has 0 aliphatic rings. The van der Waals surface area contributed by atoms with E-state index in [0.717, 1.165) is 24.8 Å². The number of nitrogens with two attached hydrogens (primary N) is 1. The smallest absolute Gasteiger partial charge is 0.153 e. The van der Waals surface area contributed by atoms with Crippen molar-refractivity contribution in [2.45, 2.75) is 38.6 Å². The number of hydrogen-bond acceptors (Lipinski definition) is 3. The molecule has 0 heterocycles. The van der Waals surface area contributed by atoms with Crippen LogP contribution in [-0.2, 0) is 11.2 Å². The maximum absolute atomic E-state index is 11.7. The molecule has 1 rings (SSSR count). The largest absolute Gasteiger partial charge is 0.508 e. The monoisotopic (exact) mass is 221 g/mol. The average Bonchev–Trinajstić information content (AvgIpc) is 2.25. The second-order valence-corrected chi connectivity index (χ2v) is 4.06. The number of hydrogen-bond donors (Lipinski definition) is 2. The number of carbonyl (C=O) groups is 1. The van der Waals surface area contributed by atoms with Gasteiger partial charge in [-0.2, -0.15) is 0 Å². The number of phenolic OH excluding ortho intramolecular Hbond substituents is 1. The third-order valence-corrected chi connectivity index (χ3v) is 2.57. The van der Waals surface area contributed by atoms with Gasteiger partial charge < -0.3 is 10.8 Å². The van der Waals surface area contributed by atoms with Crippen LogP contribution in [0, 0.1) is 0 Å². The minimum atomic E-state index is -0.373. The van der Waals surface area contributed by atoms with E-state index in [1.807, 2.05) is 6.07 Å². The van der Waals surface area contributed by atoms with Crippen LogP contribution in [-0.4, -0.2) is 16.9 Å². The lowest BCUT2D eigenvalue weighted by molar-refractivity contribution is -0.119. The Morgan fingerprint density at radius 3 is 2.88 bits per heavy atom. The van der Waals surface area contributed by atoms with Crippen LogP contribution in [0.5, 0.6) is 5.75 Å². The van der Waals surface area contributed by atoms with E-state index < -0.39 is 0 Å². The number of Topliss-reactive ketones (excluding diaryl/α,β-unsaturated/α-hetero) is 1. The molecule has 3 nitrogen and oxygen atoms in total. The molecular formula is C13H19NO2. The van der Waals surface area contributed by atoms with Crippen molar-refractivity contribution in [1.29, 1.82) is 0 Å². The van der Waals surface area contributed by atoms with E-state index in [4.69, 9.17) is 5.73 Å². The first-order valence-corrected chi connectivity index (χ1v) is 5.69. The lowest BCUT2D eigenvalue weighted by atomic mass is 10.0. The molecule has 16 heavy (non-hydrogen) atoms. The Morgan fingerprint density at radius 1 is 1.50 bits per heavy atom. The third-order valence-electron chi connectivity index (χ3n) is 2.57. The molecule has 0 radical (unpaired) electrons. The van der Waals surface area contributed by atoms with E-state index in [2.05, 4.69) is 6.92 Å². The minimum absolute atomic E-state index is 0.0408. The quantitative estimate of drug-likeness (QED) is 0.772. The van der Waals surface area contributed by atoms with E-state index >= 15 is 0 Å². The molecule has 0 spiro atoms. The molecule has 3 heteroatoms. The van der Waals surface area contributed by atoms with Gasteiger partial charge in [-0.25, -0.2) is 0 Å². The highest BCUT2D eigenvalue weighted by Crippen LogP contribution is 2.12. The minimum Gasteiger partial charge on any atom is -0.508 e. The molecule has 0 aliphatic carbocycles. The average molecular weight is 221 g/mol. The molecule has 0 saturated carbocycles. The zero-order chi connectivity index (χ0) is 12.0. The van der Waals surface area contributed by atoms with Crippen LogP contribution in [0.15, 0.2) is 24.3 Å². The van der Waals surface area contributed by atoms with Crippen molar-refractivity contribution in [1.82, 2.24) is 0 Å². The Labute approximate surface area is 96.3 Å². The van der Waals surface area contributed by atoms with Crippen molar-refractivity contribution in [3.05, 3.63) is 29.8 Å². The highest BCUT2D eigenvalue weighted by atomic mass is 16.3. The fourth-order valence-electron chi connectivity index (χ4n) is 1.58. The van der Waals surface area contributed by atoms with E-state index in [1.165, 1.54) is 0 Å². The number of ketones is 1. The summed E-state index contributed by atoms with van der Waals surface area (Å²) in [6.07, 6.45) is 3.08. The van der Waals surface area contributed by atoms with Gasteiger partial charge in [0.15, 0.2) is 5.78 Å². The molecule has 3 N–H and O–H groups in total. The van der Waals surface area contributed by atoms with Gasteiger partial charge in [0.1, 0.15) is 5.75 Å². The van der Waals surface area contributed by atoms with Crippen LogP contribution in [0.3, 0.4) is 0 Å². The normalized spacial score (nSPS) is 12.4. The SMILES string of the molecule is CCCCC(N)C(=O)Cc1cccc(O)c1.